The van der Waals surface area contributed by atoms with Gasteiger partial charge in [-0.1, -0.05) is 140 Å². The third-order valence-electron chi connectivity index (χ3n) is 13.0. The molecule has 0 atom stereocenters. The van der Waals surface area contributed by atoms with Crippen LogP contribution in [-0.4, -0.2) is 34.5 Å². The van der Waals surface area contributed by atoms with Crippen molar-refractivity contribution in [1.82, 2.24) is 34.5 Å². The molecule has 0 saturated heterocycles. The lowest BCUT2D eigenvalue weighted by Crippen LogP contribution is -2.07. The molecule has 0 saturated carbocycles. The van der Waals surface area contributed by atoms with Crippen molar-refractivity contribution in [3.05, 3.63) is 235 Å². The van der Waals surface area contributed by atoms with E-state index in [9.17, 15) is 21.0 Å². The van der Waals surface area contributed by atoms with E-state index < -0.39 is 0 Å². The molecule has 3 aromatic heterocycles. The van der Waals surface area contributed by atoms with Gasteiger partial charge in [0.05, 0.1) is 63.3 Å². The van der Waals surface area contributed by atoms with Gasteiger partial charge in [0.25, 0.3) is 0 Å². The van der Waals surface area contributed by atoms with E-state index >= 15 is 0 Å². The van der Waals surface area contributed by atoms with Gasteiger partial charge in [0.1, 0.15) is 0 Å². The second-order valence-electron chi connectivity index (χ2n) is 17.6. The SMILES string of the molecule is N#Cc1cc(C#N)cc(-c2ccc3c(c2)c2cc(-c4cc(C#N)cc(C#N)c4)ccc2n3-c2c(-c3nc(-c4ccccc4)nc(-c4ccccc4)n3)cccc2-c2nc(-c3ccccc3)nc(-c3ccccc3)n2)c1. The predicted molar refractivity (Wildman–Crippen MR) is 290 cm³/mol. The third kappa shape index (κ3) is 8.54. The average Bonchev–Trinajstić information content (AvgIpc) is 3.82. The fraction of sp³-hybridized carbons (Fsp3) is 0. The van der Waals surface area contributed by atoms with Gasteiger partial charge in [-0.25, -0.2) is 29.9 Å². The predicted octanol–water partition coefficient (Wildman–Crippen LogP) is 14.0. The molecule has 0 spiro atoms. The highest BCUT2D eigenvalue weighted by Gasteiger charge is 2.26. The van der Waals surface area contributed by atoms with E-state index in [-0.39, 0.29) is 0 Å². The third-order valence-corrected chi connectivity index (χ3v) is 13.0. The Kier molecular flexibility index (Phi) is 11.5. The molecule has 0 aliphatic rings. The van der Waals surface area contributed by atoms with Crippen molar-refractivity contribution in [3.8, 4) is 121 Å². The quantitative estimate of drug-likeness (QED) is 0.135. The highest BCUT2D eigenvalue weighted by atomic mass is 15.1. The van der Waals surface area contributed by atoms with Crippen molar-refractivity contribution < 1.29 is 0 Å². The zero-order valence-corrected chi connectivity index (χ0v) is 39.6. The van der Waals surface area contributed by atoms with Gasteiger partial charge in [-0.2, -0.15) is 21.0 Å². The van der Waals surface area contributed by atoms with Gasteiger partial charge < -0.3 is 4.57 Å². The van der Waals surface area contributed by atoms with Crippen LogP contribution in [0.5, 0.6) is 0 Å². The molecule has 0 N–H and O–H groups in total. The van der Waals surface area contributed by atoms with Crippen molar-refractivity contribution in [2.24, 2.45) is 0 Å². The Morgan fingerprint density at radius 2 is 0.573 bits per heavy atom. The molecule has 0 unspecified atom stereocenters. The number of fused-ring (bicyclic) bond motifs is 3. The fourth-order valence-electron chi connectivity index (χ4n) is 9.47. The Hall–Kier alpha value is -11.2. The summed E-state index contributed by atoms with van der Waals surface area (Å²) in [7, 11) is 0. The Morgan fingerprint density at radius 1 is 0.267 bits per heavy atom. The van der Waals surface area contributed by atoms with Crippen molar-refractivity contribution >= 4 is 21.8 Å². The number of hydrogen-bond acceptors (Lipinski definition) is 10. The van der Waals surface area contributed by atoms with Gasteiger partial charge >= 0.3 is 0 Å². The van der Waals surface area contributed by atoms with Gasteiger partial charge in [-0.3, -0.25) is 0 Å². The van der Waals surface area contributed by atoms with E-state index in [0.29, 0.717) is 85.1 Å². The average molecular weight is 958 g/mol. The van der Waals surface area contributed by atoms with Crippen LogP contribution in [0.15, 0.2) is 212 Å². The van der Waals surface area contributed by atoms with E-state index in [0.717, 1.165) is 55.2 Å². The number of para-hydroxylation sites is 1. The minimum atomic E-state index is 0.363. The maximum atomic E-state index is 10.0. The summed E-state index contributed by atoms with van der Waals surface area (Å²) >= 11 is 0. The molecule has 3 heterocycles. The molecule has 12 rings (SSSR count). The second-order valence-corrected chi connectivity index (χ2v) is 17.6. The molecule has 0 fully saturated rings. The first-order valence-electron chi connectivity index (χ1n) is 23.8. The zero-order valence-electron chi connectivity index (χ0n) is 39.6. The molecule has 0 aliphatic carbocycles. The largest absolute Gasteiger partial charge is 0.308 e. The summed E-state index contributed by atoms with van der Waals surface area (Å²) in [6.07, 6.45) is 0. The molecular weight excluding hydrogens is 923 g/mol. The summed E-state index contributed by atoms with van der Waals surface area (Å²) in [5.41, 5.74) is 11.2. The summed E-state index contributed by atoms with van der Waals surface area (Å²) in [4.78, 5) is 31.2. The van der Waals surface area contributed by atoms with Crippen LogP contribution in [-0.2, 0) is 0 Å². The van der Waals surface area contributed by atoms with Crippen LogP contribution in [0.2, 0.25) is 0 Å². The molecule has 0 radical (unpaired) electrons. The first kappa shape index (κ1) is 44.9. The molecule has 11 nitrogen and oxygen atoms in total. The normalized spacial score (nSPS) is 10.9. The first-order valence-corrected chi connectivity index (χ1v) is 23.8. The highest BCUT2D eigenvalue weighted by molar-refractivity contribution is 6.13. The Balaban J connectivity index is 1.21. The van der Waals surface area contributed by atoms with Crippen LogP contribution in [0.25, 0.3) is 118 Å². The Labute approximate surface area is 430 Å². The lowest BCUT2D eigenvalue weighted by Gasteiger charge is -2.19. The summed E-state index contributed by atoms with van der Waals surface area (Å²) < 4.78 is 2.18. The minimum Gasteiger partial charge on any atom is -0.308 e. The molecule has 0 amide bonds. The van der Waals surface area contributed by atoms with Crippen LogP contribution in [0, 0.1) is 45.3 Å². The van der Waals surface area contributed by atoms with Crippen molar-refractivity contribution in [1.29, 1.82) is 21.0 Å². The Bertz CT molecular complexity index is 3930. The molecule has 11 heteroatoms. The number of hydrogen-bond donors (Lipinski definition) is 0. The molecule has 75 heavy (non-hydrogen) atoms. The first-order chi connectivity index (χ1) is 36.9. The molecule has 0 aliphatic heterocycles. The molecule has 0 bridgehead atoms. The molecule has 12 aromatic rings. The Morgan fingerprint density at radius 3 is 0.880 bits per heavy atom. The lowest BCUT2D eigenvalue weighted by atomic mass is 9.97. The van der Waals surface area contributed by atoms with E-state index in [2.05, 4.69) is 41.0 Å². The monoisotopic (exact) mass is 957 g/mol. The zero-order chi connectivity index (χ0) is 50.8. The van der Waals surface area contributed by atoms with Crippen molar-refractivity contribution in [3.63, 3.8) is 0 Å². The number of rotatable bonds is 9. The smallest absolute Gasteiger partial charge is 0.166 e. The van der Waals surface area contributed by atoms with E-state index in [1.165, 1.54) is 0 Å². The standard InChI is InChI=1S/C64H35N11/c65-36-40-28-41(37-66)31-50(30-40)48-24-26-56-54(34-48)55-35-49(51-32-42(38-67)29-43(33-51)39-68)25-27-57(55)75(56)58-52(63-71-59(44-14-5-1-6-15-44)69-60(72-63)45-16-7-2-8-17-45)22-13-23-53(58)64-73-61(46-18-9-3-10-19-46)70-62(74-64)47-20-11-4-12-21-47/h1-35H. The molecular formula is C64H35N11. The maximum Gasteiger partial charge on any atom is 0.166 e. The van der Waals surface area contributed by atoms with Crippen LogP contribution in [0.3, 0.4) is 0 Å². The van der Waals surface area contributed by atoms with E-state index in [1.807, 2.05) is 164 Å². The van der Waals surface area contributed by atoms with Gasteiger partial charge in [0.15, 0.2) is 34.9 Å². The highest BCUT2D eigenvalue weighted by Crippen LogP contribution is 2.43. The lowest BCUT2D eigenvalue weighted by molar-refractivity contribution is 1.05. The van der Waals surface area contributed by atoms with Crippen molar-refractivity contribution in [2.75, 3.05) is 0 Å². The van der Waals surface area contributed by atoms with Gasteiger partial charge in [-0.05, 0) is 95.1 Å². The van der Waals surface area contributed by atoms with E-state index in [1.54, 1.807) is 36.4 Å². The number of nitrogens with zero attached hydrogens (tertiary/aromatic N) is 11. The topological polar surface area (TPSA) is 177 Å². The summed E-state index contributed by atoms with van der Waals surface area (Å²) in [6.45, 7) is 0. The summed E-state index contributed by atoms with van der Waals surface area (Å²) in [5, 5.41) is 41.7. The number of aromatic nitrogens is 7. The van der Waals surface area contributed by atoms with Crippen LogP contribution in [0.4, 0.5) is 0 Å². The summed E-state index contributed by atoms with van der Waals surface area (Å²) in [5.74, 6) is 2.74. The fourth-order valence-corrected chi connectivity index (χ4v) is 9.47. The van der Waals surface area contributed by atoms with Crippen LogP contribution < -0.4 is 0 Å². The van der Waals surface area contributed by atoms with Gasteiger partial charge in [-0.15, -0.1) is 0 Å². The minimum absolute atomic E-state index is 0.363. The second kappa shape index (κ2) is 19.2. The van der Waals surface area contributed by atoms with Gasteiger partial charge in [0.2, 0.25) is 0 Å². The van der Waals surface area contributed by atoms with Crippen LogP contribution >= 0.6 is 0 Å². The van der Waals surface area contributed by atoms with Crippen molar-refractivity contribution in [2.45, 2.75) is 0 Å². The molecule has 9 aromatic carbocycles. The van der Waals surface area contributed by atoms with E-state index in [4.69, 9.17) is 29.9 Å². The summed E-state index contributed by atoms with van der Waals surface area (Å²) in [6, 6.07) is 76.6. The number of nitriles is 4. The van der Waals surface area contributed by atoms with Crippen LogP contribution in [0.1, 0.15) is 22.3 Å². The number of benzene rings is 9. The molecule has 346 valence electrons. The van der Waals surface area contributed by atoms with Gasteiger partial charge in [0, 0.05) is 44.2 Å². The maximum absolute atomic E-state index is 10.0.